The van der Waals surface area contributed by atoms with Crippen LogP contribution in [0.1, 0.15) is 39.0 Å². The topological polar surface area (TPSA) is 37.4 Å². The summed E-state index contributed by atoms with van der Waals surface area (Å²) >= 11 is 0. The summed E-state index contributed by atoms with van der Waals surface area (Å²) in [6.45, 7) is 1.01. The third kappa shape index (κ3) is 2.47. The molecule has 1 saturated carbocycles. The molecule has 17 heavy (non-hydrogen) atoms. The van der Waals surface area contributed by atoms with Gasteiger partial charge in [-0.3, -0.25) is 0 Å². The van der Waals surface area contributed by atoms with Crippen molar-refractivity contribution in [2.45, 2.75) is 44.3 Å². The van der Waals surface area contributed by atoms with Gasteiger partial charge < -0.3 is 0 Å². The lowest BCUT2D eigenvalue weighted by Gasteiger charge is -2.41. The van der Waals surface area contributed by atoms with E-state index in [0.717, 1.165) is 30.0 Å². The molecule has 1 aliphatic heterocycles. The molecule has 2 unspecified atom stereocenters. The summed E-state index contributed by atoms with van der Waals surface area (Å²) in [5.41, 5.74) is 0. The van der Waals surface area contributed by atoms with E-state index < -0.39 is 15.3 Å². The maximum Gasteiger partial charge on any atom is 0.356 e. The summed E-state index contributed by atoms with van der Waals surface area (Å²) in [6.07, 6.45) is 5.13. The first kappa shape index (κ1) is 13.2. The number of nitrogens with zero attached hydrogens (tertiary/aromatic N) is 1. The SMILES string of the molecule is CC(F)(F)S(=O)(=O)N1CCC2CCCCC2C1. The van der Waals surface area contributed by atoms with Crippen LogP contribution < -0.4 is 0 Å². The first-order valence-electron chi connectivity index (χ1n) is 6.20. The summed E-state index contributed by atoms with van der Waals surface area (Å²) in [7, 11) is -4.45. The van der Waals surface area contributed by atoms with E-state index in [9.17, 15) is 17.2 Å². The molecule has 2 atom stereocenters. The Labute approximate surface area is 101 Å². The van der Waals surface area contributed by atoms with Gasteiger partial charge in [0.15, 0.2) is 0 Å². The summed E-state index contributed by atoms with van der Waals surface area (Å²) in [4.78, 5) is 0. The molecule has 2 rings (SSSR count). The minimum absolute atomic E-state index is 0.257. The molecule has 6 heteroatoms. The predicted octanol–water partition coefficient (Wildman–Crippen LogP) is 2.44. The lowest BCUT2D eigenvalue weighted by Crippen LogP contribution is -2.49. The smallest absolute Gasteiger partial charge is 0.206 e. The Morgan fingerprint density at radius 2 is 1.71 bits per heavy atom. The monoisotopic (exact) mass is 267 g/mol. The highest BCUT2D eigenvalue weighted by molar-refractivity contribution is 7.90. The molecule has 0 amide bonds. The minimum Gasteiger partial charge on any atom is -0.206 e. The second-order valence-electron chi connectivity index (χ2n) is 5.26. The number of sulfonamides is 1. The van der Waals surface area contributed by atoms with Gasteiger partial charge in [0.25, 0.3) is 10.0 Å². The van der Waals surface area contributed by atoms with Crippen LogP contribution in [0.4, 0.5) is 8.78 Å². The van der Waals surface area contributed by atoms with E-state index >= 15 is 0 Å². The molecule has 2 fully saturated rings. The number of rotatable bonds is 2. The van der Waals surface area contributed by atoms with Gasteiger partial charge in [0.2, 0.25) is 0 Å². The van der Waals surface area contributed by atoms with Gasteiger partial charge in [-0.15, -0.1) is 0 Å². The molecule has 0 bridgehead atoms. The van der Waals surface area contributed by atoms with Crippen molar-refractivity contribution in [3.63, 3.8) is 0 Å². The number of halogens is 2. The Bertz CT molecular complexity index is 377. The molecule has 0 N–H and O–H groups in total. The van der Waals surface area contributed by atoms with Crippen LogP contribution in [0.15, 0.2) is 0 Å². The third-order valence-electron chi connectivity index (χ3n) is 4.05. The fourth-order valence-electron chi connectivity index (χ4n) is 3.01. The quantitative estimate of drug-likeness (QED) is 0.770. The maximum atomic E-state index is 13.1. The Hall–Kier alpha value is -0.230. The molecule has 1 saturated heterocycles. The molecular formula is C11H19F2NO2S. The average molecular weight is 267 g/mol. The highest BCUT2D eigenvalue weighted by Gasteiger charge is 2.46. The fourth-order valence-corrected chi connectivity index (χ4v) is 4.20. The highest BCUT2D eigenvalue weighted by atomic mass is 32.2. The molecule has 2 aliphatic rings. The summed E-state index contributed by atoms with van der Waals surface area (Å²) in [5, 5.41) is -3.66. The molecule has 100 valence electrons. The van der Waals surface area contributed by atoms with E-state index in [1.807, 2.05) is 0 Å². The molecule has 0 spiro atoms. The van der Waals surface area contributed by atoms with E-state index in [-0.39, 0.29) is 19.0 Å². The molecule has 0 aromatic rings. The molecule has 0 aromatic heterocycles. The summed E-state index contributed by atoms with van der Waals surface area (Å²) in [5.74, 6) is 0.829. The van der Waals surface area contributed by atoms with Crippen molar-refractivity contribution >= 4 is 10.0 Å². The first-order valence-corrected chi connectivity index (χ1v) is 7.64. The van der Waals surface area contributed by atoms with Gasteiger partial charge in [-0.25, -0.2) is 8.42 Å². The van der Waals surface area contributed by atoms with Gasteiger partial charge in [0.05, 0.1) is 0 Å². The Balaban J connectivity index is 2.10. The molecule has 3 nitrogen and oxygen atoms in total. The van der Waals surface area contributed by atoms with Gasteiger partial charge in [-0.1, -0.05) is 19.3 Å². The van der Waals surface area contributed by atoms with E-state index in [0.29, 0.717) is 12.8 Å². The molecule has 0 radical (unpaired) electrons. The van der Waals surface area contributed by atoms with Crippen molar-refractivity contribution in [2.24, 2.45) is 11.8 Å². The van der Waals surface area contributed by atoms with E-state index in [2.05, 4.69) is 0 Å². The van der Waals surface area contributed by atoms with Gasteiger partial charge in [0.1, 0.15) is 0 Å². The number of piperidine rings is 1. The second kappa shape index (κ2) is 4.46. The second-order valence-corrected chi connectivity index (χ2v) is 7.45. The Morgan fingerprint density at radius 3 is 2.29 bits per heavy atom. The summed E-state index contributed by atoms with van der Waals surface area (Å²) in [6, 6.07) is 0. The minimum atomic E-state index is -4.45. The van der Waals surface area contributed by atoms with Crippen LogP contribution in [0.25, 0.3) is 0 Å². The van der Waals surface area contributed by atoms with Crippen LogP contribution in [-0.4, -0.2) is 31.1 Å². The maximum absolute atomic E-state index is 13.1. The van der Waals surface area contributed by atoms with Gasteiger partial charge >= 0.3 is 5.25 Å². The number of alkyl halides is 2. The normalized spacial score (nSPS) is 32.2. The predicted molar refractivity (Wildman–Crippen MR) is 61.2 cm³/mol. The average Bonchev–Trinajstić information content (AvgIpc) is 2.27. The van der Waals surface area contributed by atoms with Crippen LogP contribution in [0, 0.1) is 11.8 Å². The van der Waals surface area contributed by atoms with Gasteiger partial charge in [0, 0.05) is 20.0 Å². The largest absolute Gasteiger partial charge is 0.356 e. The van der Waals surface area contributed by atoms with Crippen LogP contribution in [0.3, 0.4) is 0 Å². The fraction of sp³-hybridized carbons (Fsp3) is 1.00. The van der Waals surface area contributed by atoms with Crippen LogP contribution in [-0.2, 0) is 10.0 Å². The van der Waals surface area contributed by atoms with Crippen molar-refractivity contribution in [1.29, 1.82) is 0 Å². The third-order valence-corrected chi connectivity index (χ3v) is 5.96. The molecular weight excluding hydrogens is 248 g/mol. The molecule has 0 aromatic carbocycles. The Kier molecular flexibility index (Phi) is 3.47. The lowest BCUT2D eigenvalue weighted by molar-refractivity contribution is 0.0873. The number of hydrogen-bond donors (Lipinski definition) is 0. The Morgan fingerprint density at radius 1 is 1.12 bits per heavy atom. The lowest BCUT2D eigenvalue weighted by atomic mass is 9.76. The van der Waals surface area contributed by atoms with E-state index in [4.69, 9.17) is 0 Å². The van der Waals surface area contributed by atoms with Crippen molar-refractivity contribution < 1.29 is 17.2 Å². The zero-order chi connectivity index (χ0) is 12.7. The summed E-state index contributed by atoms with van der Waals surface area (Å²) < 4.78 is 50.5. The molecule has 1 heterocycles. The van der Waals surface area contributed by atoms with Gasteiger partial charge in [-0.2, -0.15) is 13.1 Å². The molecule has 1 aliphatic carbocycles. The zero-order valence-corrected chi connectivity index (χ0v) is 10.8. The van der Waals surface area contributed by atoms with Crippen LogP contribution in [0.5, 0.6) is 0 Å². The highest BCUT2D eigenvalue weighted by Crippen LogP contribution is 2.38. The van der Waals surface area contributed by atoms with E-state index in [1.54, 1.807) is 0 Å². The van der Waals surface area contributed by atoms with Crippen molar-refractivity contribution in [3.05, 3.63) is 0 Å². The number of hydrogen-bond acceptors (Lipinski definition) is 2. The van der Waals surface area contributed by atoms with Crippen LogP contribution in [0.2, 0.25) is 0 Å². The standard InChI is InChI=1S/C11H19F2NO2S/c1-11(12,13)17(15,16)14-7-6-9-4-2-3-5-10(9)8-14/h9-10H,2-8H2,1H3. The number of fused-ring (bicyclic) bond motifs is 1. The first-order chi connectivity index (χ1) is 7.82. The van der Waals surface area contributed by atoms with Gasteiger partial charge in [-0.05, 0) is 24.7 Å². The van der Waals surface area contributed by atoms with Crippen molar-refractivity contribution in [2.75, 3.05) is 13.1 Å². The van der Waals surface area contributed by atoms with Crippen LogP contribution >= 0.6 is 0 Å². The van der Waals surface area contributed by atoms with Crippen molar-refractivity contribution in [1.82, 2.24) is 4.31 Å². The zero-order valence-electron chi connectivity index (χ0n) is 10.0. The van der Waals surface area contributed by atoms with E-state index in [1.165, 1.54) is 6.42 Å². The van der Waals surface area contributed by atoms with Crippen molar-refractivity contribution in [3.8, 4) is 0 Å².